The predicted octanol–water partition coefficient (Wildman–Crippen LogP) is 2.88. The van der Waals surface area contributed by atoms with Gasteiger partial charge in [0.15, 0.2) is 0 Å². The molecule has 1 fully saturated rings. The monoisotopic (exact) mass is 387 g/mol. The minimum atomic E-state index is -3.60. The second-order valence-corrected chi connectivity index (χ2v) is 9.01. The molecular weight excluding hydrogens is 362 g/mol. The minimum absolute atomic E-state index is 0.0418. The van der Waals surface area contributed by atoms with Crippen LogP contribution in [0.15, 0.2) is 35.2 Å². The van der Waals surface area contributed by atoms with Gasteiger partial charge in [0.1, 0.15) is 0 Å². The van der Waals surface area contributed by atoms with Gasteiger partial charge >= 0.3 is 0 Å². The number of nitrogens with zero attached hydrogens (tertiary/aromatic N) is 3. The van der Waals surface area contributed by atoms with E-state index in [0.29, 0.717) is 30.7 Å². The molecule has 0 aliphatic carbocycles. The van der Waals surface area contributed by atoms with Crippen LogP contribution in [0.1, 0.15) is 37.0 Å². The van der Waals surface area contributed by atoms with Crippen molar-refractivity contribution in [3.8, 4) is 0 Å². The molecule has 2 aromatic carbocycles. The zero-order valence-corrected chi connectivity index (χ0v) is 16.6. The number of benzene rings is 2. The van der Waals surface area contributed by atoms with E-state index in [1.54, 1.807) is 29.2 Å². The number of hydrogen-bond donors (Lipinski definition) is 0. The molecule has 6 nitrogen and oxygen atoms in total. The van der Waals surface area contributed by atoms with Crippen molar-refractivity contribution in [1.82, 2.24) is 9.21 Å². The third-order valence-electron chi connectivity index (χ3n) is 5.61. The van der Waals surface area contributed by atoms with Crippen LogP contribution in [0.5, 0.6) is 0 Å². The molecule has 0 atom stereocenters. The van der Waals surface area contributed by atoms with E-state index in [1.165, 1.54) is 4.31 Å². The van der Waals surface area contributed by atoms with Crippen molar-refractivity contribution in [3.63, 3.8) is 0 Å². The first-order chi connectivity index (χ1) is 13.0. The average Bonchev–Trinajstić information content (AvgIpc) is 3.26. The number of amides is 1. The Bertz CT molecular complexity index is 993. The van der Waals surface area contributed by atoms with Gasteiger partial charge in [-0.15, -0.1) is 0 Å². The molecule has 2 aromatic rings. The highest BCUT2D eigenvalue weighted by Gasteiger charge is 2.34. The van der Waals surface area contributed by atoms with Crippen LogP contribution >= 0.6 is 0 Å². The molecule has 0 saturated carbocycles. The highest BCUT2D eigenvalue weighted by molar-refractivity contribution is 7.89. The third kappa shape index (κ3) is 2.85. The Morgan fingerprint density at radius 2 is 1.74 bits per heavy atom. The van der Waals surface area contributed by atoms with E-state index in [9.17, 15) is 13.2 Å². The van der Waals surface area contributed by atoms with Gasteiger partial charge in [-0.05, 0) is 44.1 Å². The topological polar surface area (TPSA) is 60.9 Å². The Morgan fingerprint density at radius 1 is 1.04 bits per heavy atom. The molecule has 0 spiro atoms. The first-order valence-electron chi connectivity index (χ1n) is 9.59. The lowest BCUT2D eigenvalue weighted by molar-refractivity contribution is 0.0978. The summed E-state index contributed by atoms with van der Waals surface area (Å²) in [5.41, 5.74) is 1.41. The van der Waals surface area contributed by atoms with Crippen molar-refractivity contribution in [2.75, 3.05) is 37.7 Å². The van der Waals surface area contributed by atoms with Gasteiger partial charge in [-0.3, -0.25) is 14.6 Å². The summed E-state index contributed by atoms with van der Waals surface area (Å²) in [5.74, 6) is -0.0418. The lowest BCUT2D eigenvalue weighted by Gasteiger charge is -2.25. The molecule has 7 heteroatoms. The Labute approximate surface area is 160 Å². The van der Waals surface area contributed by atoms with E-state index < -0.39 is 10.0 Å². The molecule has 2 aliphatic rings. The van der Waals surface area contributed by atoms with Gasteiger partial charge in [0.25, 0.3) is 5.91 Å². The van der Waals surface area contributed by atoms with Crippen molar-refractivity contribution in [3.05, 3.63) is 35.9 Å². The molecule has 1 saturated heterocycles. The fourth-order valence-corrected chi connectivity index (χ4v) is 5.86. The smallest absolute Gasteiger partial charge is 0.260 e. The quantitative estimate of drug-likeness (QED) is 0.765. The van der Waals surface area contributed by atoms with Gasteiger partial charge in [0, 0.05) is 29.4 Å². The summed E-state index contributed by atoms with van der Waals surface area (Å²) in [6, 6.07) is 8.84. The molecular formula is C20H25N3O3S. The molecule has 2 aliphatic heterocycles. The van der Waals surface area contributed by atoms with Crippen molar-refractivity contribution in [2.45, 2.75) is 31.6 Å². The number of likely N-dealkylation sites (tertiary alicyclic amines) is 1. The maximum atomic E-state index is 13.1. The van der Waals surface area contributed by atoms with Crippen LogP contribution in [-0.4, -0.2) is 56.4 Å². The molecule has 4 rings (SSSR count). The molecule has 0 unspecified atom stereocenters. The summed E-state index contributed by atoms with van der Waals surface area (Å²) in [4.78, 5) is 17.4. The second kappa shape index (κ2) is 6.89. The zero-order valence-electron chi connectivity index (χ0n) is 15.8. The van der Waals surface area contributed by atoms with Gasteiger partial charge in [0.2, 0.25) is 10.0 Å². The van der Waals surface area contributed by atoms with E-state index in [1.807, 2.05) is 19.9 Å². The molecule has 0 aromatic heterocycles. The Balaban J connectivity index is 1.84. The van der Waals surface area contributed by atoms with Gasteiger partial charge in [-0.2, -0.15) is 4.31 Å². The number of anilines is 1. The van der Waals surface area contributed by atoms with Gasteiger partial charge in [0.05, 0.1) is 17.3 Å². The molecule has 144 valence electrons. The van der Waals surface area contributed by atoms with Crippen molar-refractivity contribution in [2.24, 2.45) is 0 Å². The van der Waals surface area contributed by atoms with Crippen LogP contribution in [0.2, 0.25) is 0 Å². The lowest BCUT2D eigenvalue weighted by Crippen LogP contribution is -2.38. The number of hydrogen-bond acceptors (Lipinski definition) is 4. The summed E-state index contributed by atoms with van der Waals surface area (Å²) in [7, 11) is -3.60. The summed E-state index contributed by atoms with van der Waals surface area (Å²) < 4.78 is 27.7. The SMILES string of the molecule is CCN(CC)S(=O)(=O)c1ccc2c3c(cccc13)C(=O)N2CN1CCCC1. The van der Waals surface area contributed by atoms with Crippen molar-refractivity contribution in [1.29, 1.82) is 0 Å². The Hall–Kier alpha value is -1.96. The van der Waals surface area contributed by atoms with Gasteiger partial charge < -0.3 is 0 Å². The fourth-order valence-electron chi connectivity index (χ4n) is 4.21. The Morgan fingerprint density at radius 3 is 2.41 bits per heavy atom. The average molecular weight is 388 g/mol. The third-order valence-corrected chi connectivity index (χ3v) is 7.72. The fraction of sp³-hybridized carbons (Fsp3) is 0.450. The van der Waals surface area contributed by atoms with Crippen molar-refractivity contribution >= 4 is 32.4 Å². The largest absolute Gasteiger partial charge is 0.294 e. The van der Waals surface area contributed by atoms with Crippen LogP contribution in [0, 0.1) is 0 Å². The predicted molar refractivity (Wildman–Crippen MR) is 107 cm³/mol. The second-order valence-electron chi connectivity index (χ2n) is 7.10. The normalized spacial score (nSPS) is 17.6. The number of sulfonamides is 1. The molecule has 27 heavy (non-hydrogen) atoms. The molecule has 2 heterocycles. The summed E-state index contributed by atoms with van der Waals surface area (Å²) in [6.45, 7) is 7.06. The highest BCUT2D eigenvalue weighted by Crippen LogP contribution is 2.40. The van der Waals surface area contributed by atoms with Crippen LogP contribution in [0.25, 0.3) is 10.8 Å². The van der Waals surface area contributed by atoms with Crippen molar-refractivity contribution < 1.29 is 13.2 Å². The maximum absolute atomic E-state index is 13.1. The van der Waals surface area contributed by atoms with Crippen LogP contribution in [0.4, 0.5) is 5.69 Å². The van der Waals surface area contributed by atoms with Crippen LogP contribution in [0.3, 0.4) is 0 Å². The number of carbonyl (C=O) groups is 1. The lowest BCUT2D eigenvalue weighted by atomic mass is 10.1. The van der Waals surface area contributed by atoms with Crippen LogP contribution in [-0.2, 0) is 10.0 Å². The van der Waals surface area contributed by atoms with Gasteiger partial charge in [-0.25, -0.2) is 8.42 Å². The van der Waals surface area contributed by atoms with E-state index >= 15 is 0 Å². The molecule has 0 N–H and O–H groups in total. The minimum Gasteiger partial charge on any atom is -0.294 e. The Kier molecular flexibility index (Phi) is 4.70. The van der Waals surface area contributed by atoms with E-state index in [-0.39, 0.29) is 10.8 Å². The summed E-state index contributed by atoms with van der Waals surface area (Å²) in [5, 5.41) is 1.39. The maximum Gasteiger partial charge on any atom is 0.260 e. The highest BCUT2D eigenvalue weighted by atomic mass is 32.2. The zero-order chi connectivity index (χ0) is 19.2. The first-order valence-corrected chi connectivity index (χ1v) is 11.0. The molecule has 0 radical (unpaired) electrons. The molecule has 1 amide bonds. The standard InChI is InChI=1S/C20H25N3O3S/c1-3-22(4-2)27(25,26)18-11-10-17-19-15(18)8-7-9-16(19)20(24)23(17)14-21-12-5-6-13-21/h7-11H,3-6,12-14H2,1-2H3. The van der Waals surface area contributed by atoms with E-state index in [0.717, 1.165) is 37.0 Å². The van der Waals surface area contributed by atoms with E-state index in [2.05, 4.69) is 4.90 Å². The number of carbonyl (C=O) groups excluding carboxylic acids is 1. The summed E-state index contributed by atoms with van der Waals surface area (Å²) >= 11 is 0. The van der Waals surface area contributed by atoms with Crippen LogP contribution < -0.4 is 4.90 Å². The number of rotatable bonds is 6. The van der Waals surface area contributed by atoms with Gasteiger partial charge in [-0.1, -0.05) is 26.0 Å². The first kappa shape index (κ1) is 18.4. The molecule has 0 bridgehead atoms. The summed E-state index contributed by atoms with van der Waals surface area (Å²) in [6.07, 6.45) is 2.32. The van der Waals surface area contributed by atoms with E-state index in [4.69, 9.17) is 0 Å².